The third kappa shape index (κ3) is 2.24. The molecule has 98 valence electrons. The molecule has 2 aliphatic rings. The SMILES string of the molecule is Cc1ccc(F)cc1NC1CC2(CCNCC2)C1. The van der Waals surface area contributed by atoms with Crippen LogP contribution in [0, 0.1) is 18.2 Å². The zero-order valence-corrected chi connectivity index (χ0v) is 10.9. The fraction of sp³-hybridized carbons (Fsp3) is 0.600. The van der Waals surface area contributed by atoms with Gasteiger partial charge in [-0.1, -0.05) is 6.07 Å². The zero-order chi connectivity index (χ0) is 12.6. The summed E-state index contributed by atoms with van der Waals surface area (Å²) >= 11 is 0. The maximum absolute atomic E-state index is 13.2. The highest BCUT2D eigenvalue weighted by Gasteiger charge is 2.44. The molecular formula is C15H21FN2. The second kappa shape index (κ2) is 4.54. The molecule has 2 N–H and O–H groups in total. The van der Waals surface area contributed by atoms with Crippen LogP contribution in [-0.2, 0) is 0 Å². The Morgan fingerprint density at radius 3 is 2.72 bits per heavy atom. The molecule has 0 atom stereocenters. The lowest BCUT2D eigenvalue weighted by Crippen LogP contribution is -2.50. The van der Waals surface area contributed by atoms with Gasteiger partial charge in [-0.15, -0.1) is 0 Å². The molecule has 1 spiro atoms. The van der Waals surface area contributed by atoms with Crippen molar-refractivity contribution in [3.05, 3.63) is 29.6 Å². The first-order chi connectivity index (χ1) is 8.67. The van der Waals surface area contributed by atoms with E-state index in [0.717, 1.165) is 24.3 Å². The van der Waals surface area contributed by atoms with E-state index in [-0.39, 0.29) is 5.82 Å². The van der Waals surface area contributed by atoms with E-state index in [1.165, 1.54) is 31.7 Å². The van der Waals surface area contributed by atoms with Crippen LogP contribution in [-0.4, -0.2) is 19.1 Å². The van der Waals surface area contributed by atoms with Gasteiger partial charge in [0, 0.05) is 11.7 Å². The summed E-state index contributed by atoms with van der Waals surface area (Å²) in [4.78, 5) is 0. The minimum atomic E-state index is -0.154. The molecule has 18 heavy (non-hydrogen) atoms. The number of halogens is 1. The summed E-state index contributed by atoms with van der Waals surface area (Å²) in [5.74, 6) is -0.154. The molecule has 2 fully saturated rings. The van der Waals surface area contributed by atoms with Crippen molar-refractivity contribution in [2.75, 3.05) is 18.4 Å². The summed E-state index contributed by atoms with van der Waals surface area (Å²) in [6, 6.07) is 5.51. The van der Waals surface area contributed by atoms with E-state index in [1.54, 1.807) is 6.07 Å². The number of rotatable bonds is 2. The van der Waals surface area contributed by atoms with Crippen molar-refractivity contribution in [3.63, 3.8) is 0 Å². The first-order valence-corrected chi connectivity index (χ1v) is 6.90. The van der Waals surface area contributed by atoms with Gasteiger partial charge in [0.05, 0.1) is 0 Å². The number of hydrogen-bond donors (Lipinski definition) is 2. The fourth-order valence-electron chi connectivity index (χ4n) is 3.42. The van der Waals surface area contributed by atoms with Gasteiger partial charge >= 0.3 is 0 Å². The lowest BCUT2D eigenvalue weighted by atomic mass is 9.60. The van der Waals surface area contributed by atoms with Crippen molar-refractivity contribution >= 4 is 5.69 Å². The number of anilines is 1. The Bertz CT molecular complexity index is 430. The molecule has 1 aromatic carbocycles. The van der Waals surface area contributed by atoms with Gasteiger partial charge in [0.15, 0.2) is 0 Å². The molecule has 1 aliphatic heterocycles. The van der Waals surface area contributed by atoms with Gasteiger partial charge in [0.25, 0.3) is 0 Å². The summed E-state index contributed by atoms with van der Waals surface area (Å²) in [5.41, 5.74) is 2.66. The Balaban J connectivity index is 1.60. The third-order valence-corrected chi connectivity index (χ3v) is 4.58. The van der Waals surface area contributed by atoms with Crippen LogP contribution in [0.3, 0.4) is 0 Å². The number of piperidine rings is 1. The molecule has 0 aromatic heterocycles. The van der Waals surface area contributed by atoms with E-state index in [2.05, 4.69) is 10.6 Å². The highest BCUT2D eigenvalue weighted by molar-refractivity contribution is 5.51. The van der Waals surface area contributed by atoms with Gasteiger partial charge in [0.2, 0.25) is 0 Å². The standard InChI is InChI=1S/C15H21FN2/c1-11-2-3-12(16)8-14(11)18-13-9-15(10-13)4-6-17-7-5-15/h2-3,8,13,17-18H,4-7,9-10H2,1H3. The average Bonchev–Trinajstić information content (AvgIpc) is 2.33. The van der Waals surface area contributed by atoms with Crippen LogP contribution in [0.1, 0.15) is 31.2 Å². The first kappa shape index (κ1) is 12.0. The predicted molar refractivity (Wildman–Crippen MR) is 72.3 cm³/mol. The molecule has 1 heterocycles. The van der Waals surface area contributed by atoms with Crippen molar-refractivity contribution in [1.29, 1.82) is 0 Å². The van der Waals surface area contributed by atoms with Crippen LogP contribution >= 0.6 is 0 Å². The highest BCUT2D eigenvalue weighted by atomic mass is 19.1. The van der Waals surface area contributed by atoms with Crippen LogP contribution in [0.25, 0.3) is 0 Å². The Morgan fingerprint density at radius 1 is 1.28 bits per heavy atom. The van der Waals surface area contributed by atoms with Crippen molar-refractivity contribution in [2.24, 2.45) is 5.41 Å². The molecule has 0 unspecified atom stereocenters. The highest BCUT2D eigenvalue weighted by Crippen LogP contribution is 2.48. The number of aryl methyl sites for hydroxylation is 1. The number of benzene rings is 1. The van der Waals surface area contributed by atoms with Crippen molar-refractivity contribution < 1.29 is 4.39 Å². The lowest BCUT2D eigenvalue weighted by molar-refractivity contribution is 0.0718. The van der Waals surface area contributed by atoms with E-state index in [9.17, 15) is 4.39 Å². The van der Waals surface area contributed by atoms with E-state index in [1.807, 2.05) is 13.0 Å². The summed E-state index contributed by atoms with van der Waals surface area (Å²) in [5, 5.41) is 6.92. The van der Waals surface area contributed by atoms with Crippen molar-refractivity contribution in [2.45, 2.75) is 38.6 Å². The maximum Gasteiger partial charge on any atom is 0.125 e. The van der Waals surface area contributed by atoms with Gasteiger partial charge < -0.3 is 10.6 Å². The molecule has 3 rings (SSSR count). The van der Waals surface area contributed by atoms with Gasteiger partial charge in [-0.25, -0.2) is 4.39 Å². The number of hydrogen-bond acceptors (Lipinski definition) is 2. The predicted octanol–water partition coefficient (Wildman–Crippen LogP) is 3.08. The van der Waals surface area contributed by atoms with E-state index >= 15 is 0 Å². The molecule has 0 bridgehead atoms. The van der Waals surface area contributed by atoms with Gasteiger partial charge in [-0.2, -0.15) is 0 Å². The topological polar surface area (TPSA) is 24.1 Å². The normalized spacial score (nSPS) is 22.8. The molecule has 2 nitrogen and oxygen atoms in total. The molecule has 1 saturated carbocycles. The Kier molecular flexibility index (Phi) is 3.02. The Morgan fingerprint density at radius 2 is 2.00 bits per heavy atom. The Hall–Kier alpha value is -1.09. The van der Waals surface area contributed by atoms with Gasteiger partial charge in [-0.3, -0.25) is 0 Å². The average molecular weight is 248 g/mol. The quantitative estimate of drug-likeness (QED) is 0.840. The largest absolute Gasteiger partial charge is 0.382 e. The van der Waals surface area contributed by atoms with E-state index in [4.69, 9.17) is 0 Å². The number of nitrogens with one attached hydrogen (secondary N) is 2. The molecule has 1 saturated heterocycles. The minimum absolute atomic E-state index is 0.154. The zero-order valence-electron chi connectivity index (χ0n) is 10.9. The molecule has 0 amide bonds. The van der Waals surface area contributed by atoms with Gasteiger partial charge in [0.1, 0.15) is 5.82 Å². The van der Waals surface area contributed by atoms with Crippen molar-refractivity contribution in [3.8, 4) is 0 Å². The first-order valence-electron chi connectivity index (χ1n) is 6.90. The molecule has 1 aromatic rings. The Labute approximate surface area is 108 Å². The van der Waals surface area contributed by atoms with Crippen LogP contribution in [0.5, 0.6) is 0 Å². The second-order valence-corrected chi connectivity index (χ2v) is 5.96. The molecular weight excluding hydrogens is 227 g/mol. The summed E-state index contributed by atoms with van der Waals surface area (Å²) < 4.78 is 13.2. The maximum atomic E-state index is 13.2. The van der Waals surface area contributed by atoms with Crippen LogP contribution in [0.2, 0.25) is 0 Å². The van der Waals surface area contributed by atoms with Crippen LogP contribution < -0.4 is 10.6 Å². The smallest absolute Gasteiger partial charge is 0.125 e. The van der Waals surface area contributed by atoms with E-state index < -0.39 is 0 Å². The van der Waals surface area contributed by atoms with Crippen LogP contribution in [0.15, 0.2) is 18.2 Å². The second-order valence-electron chi connectivity index (χ2n) is 5.96. The van der Waals surface area contributed by atoms with Crippen molar-refractivity contribution in [1.82, 2.24) is 5.32 Å². The van der Waals surface area contributed by atoms with E-state index in [0.29, 0.717) is 11.5 Å². The minimum Gasteiger partial charge on any atom is -0.382 e. The summed E-state index contributed by atoms with van der Waals surface area (Å²) in [6.45, 7) is 4.35. The van der Waals surface area contributed by atoms with Gasteiger partial charge in [-0.05, 0) is 68.8 Å². The lowest BCUT2D eigenvalue weighted by Gasteiger charge is -2.51. The molecule has 0 radical (unpaired) electrons. The summed E-state index contributed by atoms with van der Waals surface area (Å²) in [6.07, 6.45) is 5.08. The monoisotopic (exact) mass is 248 g/mol. The summed E-state index contributed by atoms with van der Waals surface area (Å²) in [7, 11) is 0. The molecule has 1 aliphatic carbocycles. The van der Waals surface area contributed by atoms with Crippen LogP contribution in [0.4, 0.5) is 10.1 Å². The molecule has 3 heteroatoms. The fourth-order valence-corrected chi connectivity index (χ4v) is 3.42. The third-order valence-electron chi connectivity index (χ3n) is 4.58.